The third-order valence-corrected chi connectivity index (χ3v) is 4.73. The van der Waals surface area contributed by atoms with Crippen LogP contribution in [0.15, 0.2) is 0 Å². The quantitative estimate of drug-likeness (QED) is 0.111. The fourth-order valence-corrected chi connectivity index (χ4v) is 2.77. The molecule has 0 aromatic rings. The molecule has 0 aliphatic carbocycles. The van der Waals surface area contributed by atoms with Gasteiger partial charge < -0.3 is 60.9 Å². The number of hydrogen-bond donors (Lipinski definition) is 10. The van der Waals surface area contributed by atoms with Gasteiger partial charge in [-0.3, -0.25) is 0 Å². The van der Waals surface area contributed by atoms with Crippen molar-refractivity contribution in [3.05, 3.63) is 0 Å². The molecular weight excluding hydrogens is 392 g/mol. The third kappa shape index (κ3) is 10.4. The van der Waals surface area contributed by atoms with Crippen LogP contribution in [0.5, 0.6) is 0 Å². The summed E-state index contributed by atoms with van der Waals surface area (Å²) in [6.07, 6.45) is -11.8. The summed E-state index contributed by atoms with van der Waals surface area (Å²) in [6.45, 7) is -0.513. The largest absolute Gasteiger partial charge is 0.394 e. The van der Waals surface area contributed by atoms with E-state index < -0.39 is 62.0 Å². The number of aliphatic hydroxyl groups excluding tert-OH is 10. The van der Waals surface area contributed by atoms with Crippen molar-refractivity contribution in [3.8, 4) is 0 Å². The lowest BCUT2D eigenvalue weighted by Crippen LogP contribution is -2.50. The number of aliphatic hydroxyl groups is 10. The van der Waals surface area contributed by atoms with E-state index in [1.54, 1.807) is 23.9 Å². The fraction of sp³-hybridized carbons (Fsp3) is 1.00. The lowest BCUT2D eigenvalue weighted by atomic mass is 10.0. The first-order chi connectivity index (χ1) is 13.5. The summed E-state index contributed by atoms with van der Waals surface area (Å²) >= 11 is 0. The molecule has 12 heteroatoms. The minimum atomic E-state index is -1.68. The first-order valence-corrected chi connectivity index (χ1v) is 9.49. The Balaban J connectivity index is 4.24. The molecule has 0 aromatic heterocycles. The molecule has 0 aliphatic rings. The molecule has 0 bridgehead atoms. The van der Waals surface area contributed by atoms with E-state index in [1.807, 2.05) is 0 Å². The van der Waals surface area contributed by atoms with E-state index in [2.05, 4.69) is 0 Å². The van der Waals surface area contributed by atoms with Gasteiger partial charge in [-0.1, -0.05) is 0 Å². The molecular formula is C17H38N2O10. The Hall–Kier alpha value is -0.480. The van der Waals surface area contributed by atoms with Crippen molar-refractivity contribution in [2.24, 2.45) is 0 Å². The Kier molecular flexibility index (Phi) is 14.3. The maximum absolute atomic E-state index is 9.93. The molecule has 29 heavy (non-hydrogen) atoms. The van der Waals surface area contributed by atoms with Gasteiger partial charge in [-0.15, -0.1) is 0 Å². The highest BCUT2D eigenvalue weighted by molar-refractivity contribution is 4.83. The Morgan fingerprint density at radius 2 is 0.793 bits per heavy atom. The first-order valence-electron chi connectivity index (χ1n) is 9.49. The minimum absolute atomic E-state index is 0.00662. The van der Waals surface area contributed by atoms with Crippen molar-refractivity contribution < 1.29 is 51.1 Å². The highest BCUT2D eigenvalue weighted by Crippen LogP contribution is 2.08. The summed E-state index contributed by atoms with van der Waals surface area (Å²) in [7, 11) is 3.35. The summed E-state index contributed by atoms with van der Waals surface area (Å²) in [5.41, 5.74) is 0. The smallest absolute Gasteiger partial charge is 0.111 e. The predicted octanol–water partition coefficient (Wildman–Crippen LogP) is -5.89. The maximum Gasteiger partial charge on any atom is 0.111 e. The standard InChI is InChI=1S/C17H38N2O10/c1-18(6-10(22)14(26)16(28)12(24)8-20)4-3-5-19(2)7-11(23)15(27)17(29)13(25)9-21/h10-17,20-29H,3-9H2,1-2H3. The monoisotopic (exact) mass is 430 g/mol. The van der Waals surface area contributed by atoms with Gasteiger partial charge in [-0.25, -0.2) is 0 Å². The summed E-state index contributed by atoms with van der Waals surface area (Å²) in [6, 6.07) is 0. The molecule has 8 unspecified atom stereocenters. The highest BCUT2D eigenvalue weighted by atomic mass is 16.4. The Morgan fingerprint density at radius 3 is 1.07 bits per heavy atom. The Morgan fingerprint density at radius 1 is 0.517 bits per heavy atom. The van der Waals surface area contributed by atoms with Gasteiger partial charge in [-0.2, -0.15) is 0 Å². The zero-order valence-corrected chi connectivity index (χ0v) is 16.9. The summed E-state index contributed by atoms with van der Waals surface area (Å²) in [5.74, 6) is 0. The lowest BCUT2D eigenvalue weighted by Gasteiger charge is -2.30. The van der Waals surface area contributed by atoms with Crippen LogP contribution < -0.4 is 0 Å². The molecule has 0 fully saturated rings. The molecule has 0 aliphatic heterocycles. The zero-order chi connectivity index (χ0) is 22.7. The van der Waals surface area contributed by atoms with E-state index >= 15 is 0 Å². The second-order valence-corrected chi connectivity index (χ2v) is 7.47. The normalized spacial score (nSPS) is 20.9. The van der Waals surface area contributed by atoms with Crippen molar-refractivity contribution in [1.82, 2.24) is 9.80 Å². The van der Waals surface area contributed by atoms with Gasteiger partial charge >= 0.3 is 0 Å². The molecule has 0 heterocycles. The van der Waals surface area contributed by atoms with Crippen LogP contribution in [0.4, 0.5) is 0 Å². The van der Waals surface area contributed by atoms with Crippen molar-refractivity contribution in [3.63, 3.8) is 0 Å². The van der Waals surface area contributed by atoms with E-state index in [4.69, 9.17) is 10.2 Å². The maximum atomic E-state index is 9.93. The minimum Gasteiger partial charge on any atom is -0.394 e. The number of rotatable bonds is 16. The van der Waals surface area contributed by atoms with Gasteiger partial charge in [0.25, 0.3) is 0 Å². The molecule has 8 atom stereocenters. The van der Waals surface area contributed by atoms with Crippen LogP contribution in [0.1, 0.15) is 6.42 Å². The molecule has 12 nitrogen and oxygen atoms in total. The average Bonchev–Trinajstić information content (AvgIpc) is 2.69. The van der Waals surface area contributed by atoms with Gasteiger partial charge in [0.2, 0.25) is 0 Å². The molecule has 0 rings (SSSR count). The summed E-state index contributed by atoms with van der Waals surface area (Å²) < 4.78 is 0. The topological polar surface area (TPSA) is 209 Å². The molecule has 10 N–H and O–H groups in total. The van der Waals surface area contributed by atoms with Gasteiger partial charge in [0.05, 0.1) is 25.4 Å². The Bertz CT molecular complexity index is 386. The molecule has 0 amide bonds. The second kappa shape index (κ2) is 14.5. The summed E-state index contributed by atoms with van der Waals surface area (Å²) in [5, 5.41) is 94.8. The number of nitrogens with zero attached hydrogens (tertiary/aromatic N) is 2. The van der Waals surface area contributed by atoms with E-state index in [-0.39, 0.29) is 13.1 Å². The predicted molar refractivity (Wildman–Crippen MR) is 102 cm³/mol. The van der Waals surface area contributed by atoms with Crippen molar-refractivity contribution >= 4 is 0 Å². The first kappa shape index (κ1) is 28.5. The SMILES string of the molecule is CN(CCCN(C)CC(O)C(O)C(O)C(O)CO)CC(O)C(O)C(O)C(O)CO. The van der Waals surface area contributed by atoms with Crippen LogP contribution in [-0.4, -0.2) is 163 Å². The van der Waals surface area contributed by atoms with E-state index in [0.717, 1.165) is 0 Å². The zero-order valence-electron chi connectivity index (χ0n) is 16.9. The Labute approximate surface area is 170 Å². The molecule has 0 saturated heterocycles. The average molecular weight is 430 g/mol. The van der Waals surface area contributed by atoms with E-state index in [1.165, 1.54) is 0 Å². The molecule has 176 valence electrons. The van der Waals surface area contributed by atoms with Gasteiger partial charge in [0, 0.05) is 13.1 Å². The third-order valence-electron chi connectivity index (χ3n) is 4.73. The van der Waals surface area contributed by atoms with Gasteiger partial charge in [-0.05, 0) is 33.6 Å². The number of hydrogen-bond acceptors (Lipinski definition) is 12. The van der Waals surface area contributed by atoms with Gasteiger partial charge in [0.15, 0.2) is 0 Å². The van der Waals surface area contributed by atoms with Crippen LogP contribution >= 0.6 is 0 Å². The van der Waals surface area contributed by atoms with E-state index in [9.17, 15) is 40.9 Å². The summed E-state index contributed by atoms with van der Waals surface area (Å²) in [4.78, 5) is 3.37. The van der Waals surface area contributed by atoms with Crippen LogP contribution in [0.2, 0.25) is 0 Å². The van der Waals surface area contributed by atoms with Crippen LogP contribution in [0.3, 0.4) is 0 Å². The van der Waals surface area contributed by atoms with Crippen molar-refractivity contribution in [1.29, 1.82) is 0 Å². The van der Waals surface area contributed by atoms with E-state index in [0.29, 0.717) is 19.5 Å². The fourth-order valence-electron chi connectivity index (χ4n) is 2.77. The molecule has 0 radical (unpaired) electrons. The van der Waals surface area contributed by atoms with Crippen LogP contribution in [0.25, 0.3) is 0 Å². The van der Waals surface area contributed by atoms with Gasteiger partial charge in [0.1, 0.15) is 36.6 Å². The molecule has 0 aromatic carbocycles. The number of likely N-dealkylation sites (N-methyl/N-ethyl adjacent to an activating group) is 2. The molecule has 0 saturated carbocycles. The highest BCUT2D eigenvalue weighted by Gasteiger charge is 2.31. The lowest BCUT2D eigenvalue weighted by molar-refractivity contribution is -0.119. The van der Waals surface area contributed by atoms with Crippen molar-refractivity contribution in [2.75, 3.05) is 53.5 Å². The second-order valence-electron chi connectivity index (χ2n) is 7.47. The van der Waals surface area contributed by atoms with Crippen molar-refractivity contribution in [2.45, 2.75) is 55.3 Å². The molecule has 0 spiro atoms. The van der Waals surface area contributed by atoms with Crippen LogP contribution in [-0.2, 0) is 0 Å². The van der Waals surface area contributed by atoms with Crippen LogP contribution in [0, 0.1) is 0 Å².